The quantitative estimate of drug-likeness (QED) is 0.906. The number of benzene rings is 1. The lowest BCUT2D eigenvalue weighted by atomic mass is 10.0. The fourth-order valence-corrected chi connectivity index (χ4v) is 5.24. The minimum Gasteiger partial charge on any atom is -0.377 e. The number of nitrogens with one attached hydrogen (secondary N) is 1. The van der Waals surface area contributed by atoms with Gasteiger partial charge in [0, 0.05) is 18.6 Å². The highest BCUT2D eigenvalue weighted by molar-refractivity contribution is 7.89. The number of hydrogen-bond donors (Lipinski definition) is 1. The number of hydrogen-bond acceptors (Lipinski definition) is 3. The lowest BCUT2D eigenvalue weighted by Crippen LogP contribution is -2.37. The summed E-state index contributed by atoms with van der Waals surface area (Å²) in [6.45, 7) is 4.92. The Bertz CT molecular complexity index is 606. The van der Waals surface area contributed by atoms with Crippen LogP contribution >= 0.6 is 0 Å². The molecule has 0 spiro atoms. The maximum Gasteiger partial charge on any atom is 0.214 e. The minimum atomic E-state index is -3.30. The summed E-state index contributed by atoms with van der Waals surface area (Å²) in [6, 6.07) is 10.1. The predicted molar refractivity (Wildman–Crippen MR) is 87.3 cm³/mol. The van der Waals surface area contributed by atoms with E-state index in [1.807, 2.05) is 18.2 Å². The third-order valence-electron chi connectivity index (χ3n) is 4.97. The first-order valence-corrected chi connectivity index (χ1v) is 9.72. The summed E-state index contributed by atoms with van der Waals surface area (Å²) in [5.74, 6) is 0.330. The summed E-state index contributed by atoms with van der Waals surface area (Å²) in [6.07, 6.45) is 2.79. The van der Waals surface area contributed by atoms with Gasteiger partial charge >= 0.3 is 0 Å². The summed E-state index contributed by atoms with van der Waals surface area (Å²) in [4.78, 5) is 0. The van der Waals surface area contributed by atoms with Crippen molar-refractivity contribution < 1.29 is 13.2 Å². The molecule has 0 aromatic heterocycles. The largest absolute Gasteiger partial charge is 0.377 e. The van der Waals surface area contributed by atoms with Gasteiger partial charge < -0.3 is 4.74 Å². The predicted octanol–water partition coefficient (Wildman–Crippen LogP) is 2.67. The van der Waals surface area contributed by atoms with Gasteiger partial charge in [-0.25, -0.2) is 13.1 Å². The number of ether oxygens (including phenoxy) is 1. The molecule has 1 heterocycles. The van der Waals surface area contributed by atoms with Crippen molar-refractivity contribution in [2.45, 2.75) is 51.2 Å². The van der Waals surface area contributed by atoms with Crippen molar-refractivity contribution in [2.75, 3.05) is 12.4 Å². The van der Waals surface area contributed by atoms with Crippen LogP contribution < -0.4 is 4.72 Å². The van der Waals surface area contributed by atoms with E-state index in [1.54, 1.807) is 0 Å². The van der Waals surface area contributed by atoms with Crippen molar-refractivity contribution in [1.82, 2.24) is 4.72 Å². The van der Waals surface area contributed by atoms with E-state index < -0.39 is 10.0 Å². The van der Waals surface area contributed by atoms with Crippen LogP contribution in [0.5, 0.6) is 0 Å². The molecule has 5 heteroatoms. The van der Waals surface area contributed by atoms with Crippen molar-refractivity contribution in [3.8, 4) is 0 Å². The van der Waals surface area contributed by atoms with E-state index in [0.717, 1.165) is 19.3 Å². The molecule has 0 amide bonds. The Morgan fingerprint density at radius 1 is 1.23 bits per heavy atom. The van der Waals surface area contributed by atoms with Crippen LogP contribution in [0.1, 0.15) is 44.6 Å². The molecule has 1 unspecified atom stereocenters. The van der Waals surface area contributed by atoms with Crippen LogP contribution in [0.4, 0.5) is 0 Å². The van der Waals surface area contributed by atoms with Gasteiger partial charge in [-0.1, -0.05) is 44.2 Å². The van der Waals surface area contributed by atoms with E-state index >= 15 is 0 Å². The standard InChI is InChI=1S/C17H25NO3S/c1-17(2)15(13-8-4-3-5-9-13)16(17)18-22(19,20)12-14-10-6-7-11-21-14/h3-5,8-9,14-16,18H,6-7,10-12H2,1-2H3/t14?,15-,16-/m0/s1. The molecule has 1 aliphatic heterocycles. The molecule has 2 aliphatic rings. The first kappa shape index (κ1) is 16.0. The monoisotopic (exact) mass is 323 g/mol. The number of sulfonamides is 1. The van der Waals surface area contributed by atoms with Crippen molar-refractivity contribution in [3.05, 3.63) is 35.9 Å². The molecule has 2 fully saturated rings. The molecule has 1 N–H and O–H groups in total. The minimum absolute atomic E-state index is 0.0245. The lowest BCUT2D eigenvalue weighted by molar-refractivity contribution is 0.0304. The van der Waals surface area contributed by atoms with Crippen LogP contribution in [-0.4, -0.2) is 32.9 Å². The Kier molecular flexibility index (Phi) is 4.32. The van der Waals surface area contributed by atoms with Gasteiger partial charge in [0.25, 0.3) is 0 Å². The molecule has 22 heavy (non-hydrogen) atoms. The molecule has 1 aromatic rings. The lowest BCUT2D eigenvalue weighted by Gasteiger charge is -2.22. The highest BCUT2D eigenvalue weighted by Gasteiger charge is 2.59. The average molecular weight is 323 g/mol. The van der Waals surface area contributed by atoms with Gasteiger partial charge in [0.05, 0.1) is 11.9 Å². The molecule has 122 valence electrons. The topological polar surface area (TPSA) is 55.4 Å². The summed E-state index contributed by atoms with van der Waals surface area (Å²) in [5.41, 5.74) is 1.16. The van der Waals surface area contributed by atoms with E-state index in [9.17, 15) is 8.42 Å². The zero-order valence-electron chi connectivity index (χ0n) is 13.3. The zero-order valence-corrected chi connectivity index (χ0v) is 14.1. The van der Waals surface area contributed by atoms with Gasteiger partial charge in [-0.15, -0.1) is 0 Å². The summed E-state index contributed by atoms with van der Waals surface area (Å²) >= 11 is 0. The Labute approximate surface area is 133 Å². The molecule has 0 bridgehead atoms. The van der Waals surface area contributed by atoms with Gasteiger partial charge in [0.15, 0.2) is 0 Å². The Balaban J connectivity index is 1.65. The molecule has 0 radical (unpaired) electrons. The second-order valence-corrected chi connectivity index (χ2v) is 8.87. The zero-order chi connectivity index (χ0) is 15.8. The Hall–Kier alpha value is -0.910. The van der Waals surface area contributed by atoms with E-state index in [1.165, 1.54) is 5.56 Å². The fraction of sp³-hybridized carbons (Fsp3) is 0.647. The Morgan fingerprint density at radius 3 is 2.59 bits per heavy atom. The molecule has 1 aliphatic carbocycles. The Morgan fingerprint density at radius 2 is 1.95 bits per heavy atom. The van der Waals surface area contributed by atoms with E-state index in [0.29, 0.717) is 6.61 Å². The van der Waals surface area contributed by atoms with Gasteiger partial charge in [-0.3, -0.25) is 0 Å². The first-order chi connectivity index (χ1) is 10.4. The van der Waals surface area contributed by atoms with Gasteiger partial charge in [0.1, 0.15) is 0 Å². The van der Waals surface area contributed by atoms with Crippen LogP contribution in [-0.2, 0) is 14.8 Å². The van der Waals surface area contributed by atoms with E-state index in [4.69, 9.17) is 4.74 Å². The van der Waals surface area contributed by atoms with Crippen molar-refractivity contribution in [1.29, 1.82) is 0 Å². The fourth-order valence-electron chi connectivity index (χ4n) is 3.57. The SMILES string of the molecule is CC1(C)[C@@H](NS(=O)(=O)CC2CCCCO2)[C@@H]1c1ccccc1. The van der Waals surface area contributed by atoms with Crippen LogP contribution in [0, 0.1) is 5.41 Å². The van der Waals surface area contributed by atoms with Gasteiger partial charge in [-0.2, -0.15) is 0 Å². The average Bonchev–Trinajstić information content (AvgIpc) is 3.00. The van der Waals surface area contributed by atoms with Crippen LogP contribution in [0.3, 0.4) is 0 Å². The van der Waals surface area contributed by atoms with Crippen LogP contribution in [0.15, 0.2) is 30.3 Å². The molecule has 1 saturated heterocycles. The normalized spacial score (nSPS) is 30.9. The van der Waals surface area contributed by atoms with E-state index in [2.05, 4.69) is 30.7 Å². The van der Waals surface area contributed by atoms with Gasteiger partial charge in [-0.05, 0) is 30.2 Å². The van der Waals surface area contributed by atoms with Crippen molar-refractivity contribution >= 4 is 10.0 Å². The first-order valence-electron chi connectivity index (χ1n) is 8.07. The third-order valence-corrected chi connectivity index (χ3v) is 6.40. The molecule has 3 atom stereocenters. The highest BCUT2D eigenvalue weighted by Crippen LogP contribution is 2.58. The molecule has 4 nitrogen and oxygen atoms in total. The van der Waals surface area contributed by atoms with Crippen LogP contribution in [0.25, 0.3) is 0 Å². The third kappa shape index (κ3) is 3.36. The summed E-state index contributed by atoms with van der Waals surface area (Å²) in [5, 5.41) is 0. The van der Waals surface area contributed by atoms with Crippen LogP contribution in [0.2, 0.25) is 0 Å². The van der Waals surface area contributed by atoms with Crippen molar-refractivity contribution in [3.63, 3.8) is 0 Å². The maximum atomic E-state index is 12.4. The maximum absolute atomic E-state index is 12.4. The van der Waals surface area contributed by atoms with E-state index in [-0.39, 0.29) is 29.2 Å². The second-order valence-electron chi connectivity index (χ2n) is 7.08. The summed E-state index contributed by atoms with van der Waals surface area (Å²) in [7, 11) is -3.30. The molecular weight excluding hydrogens is 298 g/mol. The smallest absolute Gasteiger partial charge is 0.214 e. The molecule has 3 rings (SSSR count). The highest BCUT2D eigenvalue weighted by atomic mass is 32.2. The molecule has 1 aromatic carbocycles. The second kappa shape index (κ2) is 5.95. The molecule has 1 saturated carbocycles. The number of rotatable bonds is 5. The van der Waals surface area contributed by atoms with Gasteiger partial charge in [0.2, 0.25) is 10.0 Å². The summed E-state index contributed by atoms with van der Waals surface area (Å²) < 4.78 is 33.3. The molecular formula is C17H25NO3S. The van der Waals surface area contributed by atoms with Crippen molar-refractivity contribution in [2.24, 2.45) is 5.41 Å².